The van der Waals surface area contributed by atoms with E-state index in [0.717, 1.165) is 36.3 Å². The molecule has 148 valence electrons. The van der Waals surface area contributed by atoms with E-state index in [0.29, 0.717) is 23.7 Å². The van der Waals surface area contributed by atoms with E-state index < -0.39 is 11.4 Å². The van der Waals surface area contributed by atoms with E-state index in [9.17, 15) is 0 Å². The maximum atomic E-state index is 6.63. The third-order valence-corrected chi connectivity index (χ3v) is 8.04. The van der Waals surface area contributed by atoms with Crippen molar-refractivity contribution in [2.75, 3.05) is 0 Å². The highest BCUT2D eigenvalue weighted by Crippen LogP contribution is 2.60. The van der Waals surface area contributed by atoms with Gasteiger partial charge in [-0.25, -0.2) is 9.78 Å². The zero-order valence-electron chi connectivity index (χ0n) is 16.3. The Balaban J connectivity index is 1.51. The molecule has 0 amide bonds. The summed E-state index contributed by atoms with van der Waals surface area (Å²) in [5.41, 5.74) is 0.652. The monoisotopic (exact) mass is 392 g/mol. The summed E-state index contributed by atoms with van der Waals surface area (Å²) in [6.07, 6.45) is 4.75. The molecule has 1 saturated carbocycles. The highest BCUT2D eigenvalue weighted by atomic mass is 35.5. The first-order valence-corrected chi connectivity index (χ1v) is 10.7. The van der Waals surface area contributed by atoms with Crippen LogP contribution in [0.4, 0.5) is 0 Å². The summed E-state index contributed by atoms with van der Waals surface area (Å²) in [6.45, 7) is 6.62. The molecule has 5 aliphatic rings. The molecule has 4 aliphatic heterocycles. The lowest BCUT2D eigenvalue weighted by Gasteiger charge is -2.60. The van der Waals surface area contributed by atoms with Crippen LogP contribution in [0.5, 0.6) is 0 Å². The van der Waals surface area contributed by atoms with E-state index in [4.69, 9.17) is 30.8 Å². The molecule has 0 aromatic heterocycles. The molecule has 5 heteroatoms. The van der Waals surface area contributed by atoms with E-state index in [1.807, 2.05) is 25.1 Å². The molecule has 4 saturated heterocycles. The summed E-state index contributed by atoms with van der Waals surface area (Å²) in [7, 11) is 0. The van der Waals surface area contributed by atoms with Gasteiger partial charge in [-0.1, -0.05) is 43.6 Å². The maximum Gasteiger partial charge on any atom is 0.201 e. The van der Waals surface area contributed by atoms with Crippen LogP contribution in [0.2, 0.25) is 5.02 Å². The van der Waals surface area contributed by atoms with Crippen LogP contribution in [0.25, 0.3) is 0 Å². The summed E-state index contributed by atoms with van der Waals surface area (Å²) in [4.78, 5) is 12.1. The first-order chi connectivity index (χ1) is 12.9. The second-order valence-corrected chi connectivity index (χ2v) is 9.65. The van der Waals surface area contributed by atoms with Gasteiger partial charge in [-0.2, -0.15) is 0 Å². The topological polar surface area (TPSA) is 36.9 Å². The number of hydrogen-bond donors (Lipinski definition) is 0. The molecule has 2 bridgehead atoms. The van der Waals surface area contributed by atoms with Crippen LogP contribution in [0.15, 0.2) is 24.3 Å². The van der Waals surface area contributed by atoms with Gasteiger partial charge in [0, 0.05) is 23.8 Å². The fourth-order valence-corrected chi connectivity index (χ4v) is 6.31. The van der Waals surface area contributed by atoms with Crippen molar-refractivity contribution in [1.29, 1.82) is 0 Å². The Bertz CT molecular complexity index is 726. The Morgan fingerprint density at radius 1 is 1.07 bits per heavy atom. The molecule has 0 radical (unpaired) electrons. The molecular weight excluding hydrogens is 364 g/mol. The molecule has 1 spiro atoms. The molecule has 1 aromatic carbocycles. The van der Waals surface area contributed by atoms with E-state index in [1.54, 1.807) is 0 Å². The van der Waals surface area contributed by atoms with Crippen molar-refractivity contribution in [2.45, 2.75) is 76.7 Å². The van der Waals surface area contributed by atoms with Crippen LogP contribution in [-0.2, 0) is 25.7 Å². The van der Waals surface area contributed by atoms with Crippen LogP contribution in [0, 0.1) is 23.7 Å². The molecular formula is C22H29ClO4. The summed E-state index contributed by atoms with van der Waals surface area (Å²) < 4.78 is 13.1. The number of fused-ring (bicyclic) bond motifs is 2. The second-order valence-electron chi connectivity index (χ2n) is 9.24. The molecule has 4 nitrogen and oxygen atoms in total. The standard InChI is InChI=1S/C22H29ClO4/c1-13-8-9-17-14(2)19(12-15-6-4-5-7-18(15)23)24-20-22(17)16(13)10-11-21(3,25-20)26-27-22/h4-7,13-14,16-17,19-20H,8-12H2,1-3H3/t13-,14-,16+,17+,19-,20-,21-,22-/m1/s1. The highest BCUT2D eigenvalue weighted by Gasteiger charge is 2.69. The normalized spacial score (nSPS) is 48.7. The van der Waals surface area contributed by atoms with Gasteiger partial charge in [0.2, 0.25) is 5.79 Å². The molecule has 8 atom stereocenters. The van der Waals surface area contributed by atoms with Gasteiger partial charge < -0.3 is 9.47 Å². The van der Waals surface area contributed by atoms with Gasteiger partial charge in [0.05, 0.1) is 6.10 Å². The van der Waals surface area contributed by atoms with Gasteiger partial charge in [0.1, 0.15) is 0 Å². The first-order valence-electron chi connectivity index (χ1n) is 10.4. The molecule has 5 fully saturated rings. The predicted molar refractivity (Wildman–Crippen MR) is 102 cm³/mol. The third-order valence-electron chi connectivity index (χ3n) is 7.67. The van der Waals surface area contributed by atoms with Gasteiger partial charge in [0.25, 0.3) is 0 Å². The zero-order chi connectivity index (χ0) is 18.8. The van der Waals surface area contributed by atoms with Gasteiger partial charge in [-0.05, 0) is 55.6 Å². The largest absolute Gasteiger partial charge is 0.346 e. The van der Waals surface area contributed by atoms with E-state index in [2.05, 4.69) is 19.9 Å². The van der Waals surface area contributed by atoms with Crippen molar-refractivity contribution in [2.24, 2.45) is 23.7 Å². The summed E-state index contributed by atoms with van der Waals surface area (Å²) in [5.74, 6) is 1.00. The van der Waals surface area contributed by atoms with Gasteiger partial charge in [-0.3, -0.25) is 0 Å². The Morgan fingerprint density at radius 2 is 1.89 bits per heavy atom. The van der Waals surface area contributed by atoms with Crippen molar-refractivity contribution in [3.63, 3.8) is 0 Å². The quantitative estimate of drug-likeness (QED) is 0.653. The van der Waals surface area contributed by atoms with E-state index >= 15 is 0 Å². The molecule has 27 heavy (non-hydrogen) atoms. The Kier molecular flexibility index (Phi) is 4.38. The predicted octanol–water partition coefficient (Wildman–Crippen LogP) is 5.13. The lowest BCUT2D eigenvalue weighted by atomic mass is 9.57. The van der Waals surface area contributed by atoms with Gasteiger partial charge >= 0.3 is 0 Å². The third kappa shape index (κ3) is 2.71. The van der Waals surface area contributed by atoms with Crippen molar-refractivity contribution < 1.29 is 19.2 Å². The van der Waals surface area contributed by atoms with Crippen molar-refractivity contribution in [3.8, 4) is 0 Å². The first kappa shape index (κ1) is 18.4. The summed E-state index contributed by atoms with van der Waals surface area (Å²) in [5, 5.41) is 0.804. The summed E-state index contributed by atoms with van der Waals surface area (Å²) in [6, 6.07) is 8.05. The van der Waals surface area contributed by atoms with Crippen molar-refractivity contribution >= 4 is 11.6 Å². The minimum atomic E-state index is -0.715. The van der Waals surface area contributed by atoms with Crippen LogP contribution >= 0.6 is 11.6 Å². The van der Waals surface area contributed by atoms with E-state index in [-0.39, 0.29) is 12.4 Å². The summed E-state index contributed by atoms with van der Waals surface area (Å²) >= 11 is 6.43. The zero-order valence-corrected chi connectivity index (χ0v) is 17.1. The van der Waals surface area contributed by atoms with Gasteiger partial charge in [-0.15, -0.1) is 0 Å². The lowest BCUT2D eigenvalue weighted by Crippen LogP contribution is -2.70. The Labute approximate surface area is 166 Å². The fourth-order valence-electron chi connectivity index (χ4n) is 6.09. The van der Waals surface area contributed by atoms with Crippen LogP contribution in [-0.4, -0.2) is 23.8 Å². The number of rotatable bonds is 2. The van der Waals surface area contributed by atoms with Crippen LogP contribution in [0.1, 0.15) is 52.0 Å². The van der Waals surface area contributed by atoms with Crippen molar-refractivity contribution in [3.05, 3.63) is 34.9 Å². The molecule has 6 rings (SSSR count). The number of hydrogen-bond acceptors (Lipinski definition) is 4. The number of halogens is 1. The number of ether oxygens (including phenoxy) is 2. The molecule has 1 aliphatic carbocycles. The van der Waals surface area contributed by atoms with Crippen LogP contribution < -0.4 is 0 Å². The maximum absolute atomic E-state index is 6.63. The molecule has 1 aromatic rings. The smallest absolute Gasteiger partial charge is 0.201 e. The molecule has 0 N–H and O–H groups in total. The fraction of sp³-hybridized carbons (Fsp3) is 0.727. The lowest BCUT2D eigenvalue weighted by molar-refractivity contribution is -0.571. The van der Waals surface area contributed by atoms with Crippen molar-refractivity contribution in [1.82, 2.24) is 0 Å². The average Bonchev–Trinajstić information content (AvgIpc) is 2.87. The second kappa shape index (κ2) is 6.43. The molecule has 0 unspecified atom stereocenters. The molecule has 4 heterocycles. The number of benzene rings is 1. The minimum absolute atomic E-state index is 0.0612. The Morgan fingerprint density at radius 3 is 2.70 bits per heavy atom. The van der Waals surface area contributed by atoms with E-state index in [1.165, 1.54) is 6.42 Å². The Hall–Kier alpha value is -0.650. The minimum Gasteiger partial charge on any atom is -0.346 e. The van der Waals surface area contributed by atoms with Gasteiger partial charge in [0.15, 0.2) is 11.9 Å². The SMILES string of the molecule is C[C@H]1[C@@H](Cc2ccccc2Cl)O[C@@H]2O[C@@]3(C)CC[C@H]4[C@H](C)CC[C@@H]1[C@@]24OO3. The average molecular weight is 393 g/mol. The van der Waals surface area contributed by atoms with Crippen LogP contribution in [0.3, 0.4) is 0 Å². The highest BCUT2D eigenvalue weighted by molar-refractivity contribution is 6.31.